The fourth-order valence-corrected chi connectivity index (χ4v) is 3.12. The lowest BCUT2D eigenvalue weighted by Crippen LogP contribution is -2.04. The first-order chi connectivity index (χ1) is 9.20. The number of aromatic nitrogens is 1. The number of nitrogens with one attached hydrogen (secondary N) is 1. The van der Waals surface area contributed by atoms with E-state index in [4.69, 9.17) is 11.6 Å². The number of anilines is 1. The number of benzene rings is 1. The minimum atomic E-state index is -0.342. The summed E-state index contributed by atoms with van der Waals surface area (Å²) in [6.07, 6.45) is 5.44. The third kappa shape index (κ3) is 2.16. The Bertz CT molecular complexity index is 640. The average molecular weight is 279 g/mol. The Kier molecular flexibility index (Phi) is 3.31. The summed E-state index contributed by atoms with van der Waals surface area (Å²) in [6, 6.07) is 3.13. The van der Waals surface area contributed by atoms with Crippen LogP contribution in [0.15, 0.2) is 12.1 Å². The predicted octanol–water partition coefficient (Wildman–Crippen LogP) is 4.34. The van der Waals surface area contributed by atoms with Gasteiger partial charge in [-0.15, -0.1) is 0 Å². The maximum absolute atomic E-state index is 14.1. The third-order valence-corrected chi connectivity index (χ3v) is 4.00. The van der Waals surface area contributed by atoms with Gasteiger partial charge in [-0.05, 0) is 43.4 Å². The molecular formula is C15H16ClFN2. The molecule has 0 saturated carbocycles. The SMILES string of the molecule is CNc1c2c(nc3c(F)cc(Cl)cc13)CCCCC2. The van der Waals surface area contributed by atoms with Crippen LogP contribution in [-0.2, 0) is 12.8 Å². The zero-order valence-corrected chi connectivity index (χ0v) is 11.6. The maximum atomic E-state index is 14.1. The highest BCUT2D eigenvalue weighted by atomic mass is 35.5. The number of halogens is 2. The first-order valence-corrected chi connectivity index (χ1v) is 7.06. The molecule has 1 aromatic carbocycles. The van der Waals surface area contributed by atoms with Crippen LogP contribution in [0.3, 0.4) is 0 Å². The molecule has 0 aliphatic heterocycles. The van der Waals surface area contributed by atoms with Gasteiger partial charge in [0, 0.05) is 28.8 Å². The van der Waals surface area contributed by atoms with E-state index in [1.54, 1.807) is 6.07 Å². The van der Waals surface area contributed by atoms with Crippen LogP contribution in [0, 0.1) is 5.82 Å². The fourth-order valence-electron chi connectivity index (χ4n) is 2.91. The average Bonchev–Trinajstić information content (AvgIpc) is 2.61. The van der Waals surface area contributed by atoms with Crippen molar-refractivity contribution < 1.29 is 4.39 Å². The smallest absolute Gasteiger partial charge is 0.150 e. The van der Waals surface area contributed by atoms with E-state index >= 15 is 0 Å². The molecule has 2 aromatic rings. The largest absolute Gasteiger partial charge is 0.387 e. The molecular weight excluding hydrogens is 263 g/mol. The summed E-state index contributed by atoms with van der Waals surface area (Å²) < 4.78 is 14.1. The van der Waals surface area contributed by atoms with Crippen molar-refractivity contribution in [2.75, 3.05) is 12.4 Å². The molecule has 1 aliphatic carbocycles. The van der Waals surface area contributed by atoms with Gasteiger partial charge >= 0.3 is 0 Å². The van der Waals surface area contributed by atoms with E-state index in [0.717, 1.165) is 42.5 Å². The summed E-state index contributed by atoms with van der Waals surface area (Å²) in [7, 11) is 1.87. The maximum Gasteiger partial charge on any atom is 0.150 e. The Balaban J connectivity index is 2.36. The molecule has 1 N–H and O–H groups in total. The van der Waals surface area contributed by atoms with Crippen LogP contribution >= 0.6 is 11.6 Å². The normalized spacial score (nSPS) is 15.1. The fraction of sp³-hybridized carbons (Fsp3) is 0.400. The number of aryl methyl sites for hydroxylation is 1. The molecule has 3 rings (SSSR count). The lowest BCUT2D eigenvalue weighted by molar-refractivity contribution is 0.636. The molecule has 0 bridgehead atoms. The van der Waals surface area contributed by atoms with Gasteiger partial charge < -0.3 is 5.32 Å². The summed E-state index contributed by atoms with van der Waals surface area (Å²) in [6.45, 7) is 0. The Morgan fingerprint density at radius 1 is 1.21 bits per heavy atom. The van der Waals surface area contributed by atoms with Gasteiger partial charge in [0.25, 0.3) is 0 Å². The van der Waals surface area contributed by atoms with Crippen molar-refractivity contribution in [2.24, 2.45) is 0 Å². The summed E-state index contributed by atoms with van der Waals surface area (Å²) in [5, 5.41) is 4.41. The molecule has 4 heteroatoms. The Morgan fingerprint density at radius 2 is 2.00 bits per heavy atom. The van der Waals surface area contributed by atoms with E-state index in [-0.39, 0.29) is 5.82 Å². The van der Waals surface area contributed by atoms with Gasteiger partial charge in [-0.25, -0.2) is 9.37 Å². The van der Waals surface area contributed by atoms with Gasteiger partial charge in [0.1, 0.15) is 5.52 Å². The lowest BCUT2D eigenvalue weighted by atomic mass is 10.0. The van der Waals surface area contributed by atoms with Crippen molar-refractivity contribution in [1.29, 1.82) is 0 Å². The molecule has 1 aliphatic rings. The summed E-state index contributed by atoms with van der Waals surface area (Å²) in [4.78, 5) is 4.55. The predicted molar refractivity (Wildman–Crippen MR) is 77.5 cm³/mol. The van der Waals surface area contributed by atoms with Crippen molar-refractivity contribution in [3.8, 4) is 0 Å². The molecule has 100 valence electrons. The molecule has 0 radical (unpaired) electrons. The van der Waals surface area contributed by atoms with Crippen molar-refractivity contribution in [2.45, 2.75) is 32.1 Å². The monoisotopic (exact) mass is 278 g/mol. The molecule has 0 saturated heterocycles. The van der Waals surface area contributed by atoms with Crippen LogP contribution < -0.4 is 5.32 Å². The number of fused-ring (bicyclic) bond motifs is 2. The van der Waals surface area contributed by atoms with Crippen LogP contribution in [0.4, 0.5) is 10.1 Å². The lowest BCUT2D eigenvalue weighted by Gasteiger charge is -2.15. The van der Waals surface area contributed by atoms with E-state index in [1.165, 1.54) is 18.1 Å². The zero-order chi connectivity index (χ0) is 13.4. The van der Waals surface area contributed by atoms with Gasteiger partial charge in [-0.1, -0.05) is 18.0 Å². The molecule has 0 amide bonds. The second-order valence-electron chi connectivity index (χ2n) is 5.01. The molecule has 2 nitrogen and oxygen atoms in total. The highest BCUT2D eigenvalue weighted by Gasteiger charge is 2.18. The van der Waals surface area contributed by atoms with Crippen molar-refractivity contribution in [3.05, 3.63) is 34.2 Å². The third-order valence-electron chi connectivity index (χ3n) is 3.78. The summed E-state index contributed by atoms with van der Waals surface area (Å²) in [5.41, 5.74) is 3.68. The number of hydrogen-bond acceptors (Lipinski definition) is 2. The van der Waals surface area contributed by atoms with Gasteiger partial charge in [0.05, 0.1) is 0 Å². The van der Waals surface area contributed by atoms with Crippen LogP contribution in [0.1, 0.15) is 30.5 Å². The van der Waals surface area contributed by atoms with Crippen LogP contribution in [0.5, 0.6) is 0 Å². The van der Waals surface area contributed by atoms with Crippen LogP contribution in [0.2, 0.25) is 5.02 Å². The second-order valence-corrected chi connectivity index (χ2v) is 5.44. The van der Waals surface area contributed by atoms with Crippen molar-refractivity contribution in [1.82, 2.24) is 4.98 Å². The second kappa shape index (κ2) is 4.97. The van der Waals surface area contributed by atoms with Gasteiger partial charge in [0.2, 0.25) is 0 Å². The molecule has 19 heavy (non-hydrogen) atoms. The van der Waals surface area contributed by atoms with Gasteiger partial charge in [-0.2, -0.15) is 0 Å². The molecule has 0 unspecified atom stereocenters. The zero-order valence-electron chi connectivity index (χ0n) is 10.9. The van der Waals surface area contributed by atoms with E-state index in [2.05, 4.69) is 10.3 Å². The molecule has 0 spiro atoms. The minimum absolute atomic E-state index is 0.342. The first kappa shape index (κ1) is 12.7. The summed E-state index contributed by atoms with van der Waals surface area (Å²) in [5.74, 6) is -0.342. The highest BCUT2D eigenvalue weighted by Crippen LogP contribution is 2.34. The van der Waals surface area contributed by atoms with Crippen molar-refractivity contribution >= 4 is 28.2 Å². The number of hydrogen-bond donors (Lipinski definition) is 1. The standard InChI is InChI=1S/C15H16ClFN2/c1-18-14-10-5-3-2-4-6-13(10)19-15-11(14)7-9(16)8-12(15)17/h7-8H,2-6H2,1H3,(H,18,19). The van der Waals surface area contributed by atoms with Gasteiger partial charge in [-0.3, -0.25) is 0 Å². The number of nitrogens with zero attached hydrogens (tertiary/aromatic N) is 1. The van der Waals surface area contributed by atoms with E-state index < -0.39 is 0 Å². The molecule has 1 aromatic heterocycles. The van der Waals surface area contributed by atoms with E-state index in [1.807, 2.05) is 7.05 Å². The Morgan fingerprint density at radius 3 is 2.79 bits per heavy atom. The Labute approximate surface area is 117 Å². The van der Waals surface area contributed by atoms with Crippen LogP contribution in [0.25, 0.3) is 10.9 Å². The topological polar surface area (TPSA) is 24.9 Å². The van der Waals surface area contributed by atoms with E-state index in [0.29, 0.717) is 10.5 Å². The Hall–Kier alpha value is -1.35. The van der Waals surface area contributed by atoms with Gasteiger partial charge in [0.15, 0.2) is 5.82 Å². The highest BCUT2D eigenvalue weighted by molar-refractivity contribution is 6.31. The molecule has 0 atom stereocenters. The number of pyridine rings is 1. The van der Waals surface area contributed by atoms with E-state index in [9.17, 15) is 4.39 Å². The molecule has 0 fully saturated rings. The van der Waals surface area contributed by atoms with Crippen molar-refractivity contribution in [3.63, 3.8) is 0 Å². The molecule has 1 heterocycles. The number of rotatable bonds is 1. The van der Waals surface area contributed by atoms with Crippen LogP contribution in [-0.4, -0.2) is 12.0 Å². The minimum Gasteiger partial charge on any atom is -0.387 e. The first-order valence-electron chi connectivity index (χ1n) is 6.69. The summed E-state index contributed by atoms with van der Waals surface area (Å²) >= 11 is 5.97. The quantitative estimate of drug-likeness (QED) is 0.785.